The van der Waals surface area contributed by atoms with E-state index in [0.29, 0.717) is 17.4 Å². The van der Waals surface area contributed by atoms with Crippen molar-refractivity contribution in [2.75, 3.05) is 13.2 Å². The quantitative estimate of drug-likeness (QED) is 0.651. The standard InChI is InChI=1S/C20H22N4O2S/c1-13-17(14(2)24(22-13)15-7-4-3-5-8-15)11-18-19(25)23(20(27)21-18)12-16-9-6-10-26-16/h3-5,7-8,11,16H,6,9-10,12H2,1-2H3,(H,21,27)/b18-11+. The second-order valence-corrected chi connectivity index (χ2v) is 7.26. The molecule has 0 radical (unpaired) electrons. The van der Waals surface area contributed by atoms with Crippen LogP contribution in [0.4, 0.5) is 0 Å². The maximum absolute atomic E-state index is 12.8. The highest BCUT2D eigenvalue weighted by molar-refractivity contribution is 7.80. The zero-order valence-electron chi connectivity index (χ0n) is 15.4. The number of aromatic nitrogens is 2. The third-order valence-electron chi connectivity index (χ3n) is 5.01. The van der Waals surface area contributed by atoms with Gasteiger partial charge in [0.15, 0.2) is 5.11 Å². The van der Waals surface area contributed by atoms with E-state index in [1.807, 2.05) is 54.9 Å². The molecule has 1 N–H and O–H groups in total. The number of carbonyl (C=O) groups excluding carboxylic acids is 1. The van der Waals surface area contributed by atoms with Crippen LogP contribution in [0.3, 0.4) is 0 Å². The number of aryl methyl sites for hydroxylation is 1. The molecule has 1 amide bonds. The Kier molecular flexibility index (Phi) is 4.80. The number of nitrogens with one attached hydrogen (secondary N) is 1. The van der Waals surface area contributed by atoms with Gasteiger partial charge in [0.2, 0.25) is 0 Å². The predicted octanol–water partition coefficient (Wildman–Crippen LogP) is 2.73. The van der Waals surface area contributed by atoms with E-state index in [1.54, 1.807) is 4.90 Å². The summed E-state index contributed by atoms with van der Waals surface area (Å²) in [5.74, 6) is -0.109. The second kappa shape index (κ2) is 7.25. The van der Waals surface area contributed by atoms with Gasteiger partial charge in [0.05, 0.1) is 24.0 Å². The first-order valence-electron chi connectivity index (χ1n) is 9.12. The molecule has 0 bridgehead atoms. The molecular formula is C20H22N4O2S. The Labute approximate surface area is 163 Å². The number of rotatable bonds is 4. The lowest BCUT2D eigenvalue weighted by Crippen LogP contribution is -2.37. The Hall–Kier alpha value is -2.51. The van der Waals surface area contributed by atoms with Gasteiger partial charge in [-0.15, -0.1) is 0 Å². The Balaban J connectivity index is 1.61. The van der Waals surface area contributed by atoms with Crippen LogP contribution in [0.2, 0.25) is 0 Å². The van der Waals surface area contributed by atoms with Crippen molar-refractivity contribution in [1.82, 2.24) is 20.0 Å². The lowest BCUT2D eigenvalue weighted by atomic mass is 10.1. The Morgan fingerprint density at radius 2 is 2.11 bits per heavy atom. The topological polar surface area (TPSA) is 59.4 Å². The van der Waals surface area contributed by atoms with Gasteiger partial charge in [-0.2, -0.15) is 5.10 Å². The fraction of sp³-hybridized carbons (Fsp3) is 0.350. The minimum absolute atomic E-state index is 0.0670. The van der Waals surface area contributed by atoms with Crippen LogP contribution in [0.5, 0.6) is 0 Å². The van der Waals surface area contributed by atoms with Gasteiger partial charge in [-0.1, -0.05) is 18.2 Å². The van der Waals surface area contributed by atoms with Crippen LogP contribution >= 0.6 is 12.2 Å². The summed E-state index contributed by atoms with van der Waals surface area (Å²) in [6.45, 7) is 5.21. The van der Waals surface area contributed by atoms with Crippen LogP contribution in [-0.2, 0) is 9.53 Å². The summed E-state index contributed by atoms with van der Waals surface area (Å²) >= 11 is 5.37. The number of carbonyl (C=O) groups is 1. The Morgan fingerprint density at radius 3 is 2.81 bits per heavy atom. The third kappa shape index (κ3) is 3.40. The van der Waals surface area contributed by atoms with Gasteiger partial charge in [0.25, 0.3) is 5.91 Å². The smallest absolute Gasteiger partial charge is 0.276 e. The van der Waals surface area contributed by atoms with E-state index in [2.05, 4.69) is 10.4 Å². The predicted molar refractivity (Wildman–Crippen MR) is 107 cm³/mol. The van der Waals surface area contributed by atoms with Crippen molar-refractivity contribution in [3.63, 3.8) is 0 Å². The number of nitrogens with zero attached hydrogens (tertiary/aromatic N) is 3. The van der Waals surface area contributed by atoms with Gasteiger partial charge in [-0.25, -0.2) is 4.68 Å². The van der Waals surface area contributed by atoms with E-state index in [9.17, 15) is 4.79 Å². The van der Waals surface area contributed by atoms with Crippen LogP contribution in [0, 0.1) is 13.8 Å². The molecule has 2 aliphatic rings. The summed E-state index contributed by atoms with van der Waals surface area (Å²) in [5.41, 5.74) is 4.24. The largest absolute Gasteiger partial charge is 0.376 e. The summed E-state index contributed by atoms with van der Waals surface area (Å²) in [6, 6.07) is 9.95. The van der Waals surface area contributed by atoms with Crippen molar-refractivity contribution < 1.29 is 9.53 Å². The molecule has 2 aromatic rings. The molecule has 6 nitrogen and oxygen atoms in total. The number of para-hydroxylation sites is 1. The van der Waals surface area contributed by atoms with Crippen molar-refractivity contribution in [2.24, 2.45) is 0 Å². The number of hydrogen-bond donors (Lipinski definition) is 1. The number of amides is 1. The first-order valence-corrected chi connectivity index (χ1v) is 9.53. The fourth-order valence-corrected chi connectivity index (χ4v) is 3.83. The van der Waals surface area contributed by atoms with E-state index >= 15 is 0 Å². The lowest BCUT2D eigenvalue weighted by molar-refractivity contribution is -0.123. The summed E-state index contributed by atoms with van der Waals surface area (Å²) in [7, 11) is 0. The normalized spacial score (nSPS) is 21.3. The molecule has 7 heteroatoms. The molecule has 2 aliphatic heterocycles. The molecule has 27 heavy (non-hydrogen) atoms. The van der Waals surface area contributed by atoms with Crippen molar-refractivity contribution in [3.8, 4) is 5.69 Å². The fourth-order valence-electron chi connectivity index (χ4n) is 3.56. The van der Waals surface area contributed by atoms with Gasteiger partial charge >= 0.3 is 0 Å². The molecule has 1 atom stereocenters. The first-order chi connectivity index (χ1) is 13.0. The number of thiocarbonyl (C=S) groups is 1. The SMILES string of the molecule is Cc1nn(-c2ccccc2)c(C)c1/C=C1/NC(=S)N(CC2CCCO2)C1=O. The summed E-state index contributed by atoms with van der Waals surface area (Å²) < 4.78 is 7.53. The van der Waals surface area contributed by atoms with Crippen LogP contribution < -0.4 is 5.32 Å². The lowest BCUT2D eigenvalue weighted by Gasteiger charge is -2.18. The average molecular weight is 382 g/mol. The Morgan fingerprint density at radius 1 is 1.33 bits per heavy atom. The molecule has 0 spiro atoms. The molecule has 0 saturated carbocycles. The second-order valence-electron chi connectivity index (χ2n) is 6.87. The highest BCUT2D eigenvalue weighted by atomic mass is 32.1. The Bertz CT molecular complexity index is 914. The minimum Gasteiger partial charge on any atom is -0.376 e. The molecule has 1 unspecified atom stereocenters. The monoisotopic (exact) mass is 382 g/mol. The van der Waals surface area contributed by atoms with Crippen molar-refractivity contribution in [2.45, 2.75) is 32.8 Å². The van der Waals surface area contributed by atoms with Gasteiger partial charge < -0.3 is 10.1 Å². The van der Waals surface area contributed by atoms with Crippen LogP contribution in [0.25, 0.3) is 11.8 Å². The van der Waals surface area contributed by atoms with Crippen LogP contribution in [-0.4, -0.2) is 45.0 Å². The van der Waals surface area contributed by atoms with Crippen LogP contribution in [0.15, 0.2) is 36.0 Å². The maximum Gasteiger partial charge on any atom is 0.276 e. The van der Waals surface area contributed by atoms with E-state index in [4.69, 9.17) is 17.0 Å². The van der Waals surface area contributed by atoms with Crippen molar-refractivity contribution in [3.05, 3.63) is 53.0 Å². The van der Waals surface area contributed by atoms with Gasteiger partial charge in [-0.3, -0.25) is 9.69 Å². The highest BCUT2D eigenvalue weighted by Gasteiger charge is 2.33. The molecular weight excluding hydrogens is 360 g/mol. The van der Waals surface area contributed by atoms with Crippen molar-refractivity contribution in [1.29, 1.82) is 0 Å². The summed E-state index contributed by atoms with van der Waals surface area (Å²) in [6.07, 6.45) is 3.92. The average Bonchev–Trinajstić information content (AvgIpc) is 3.35. The zero-order valence-corrected chi connectivity index (χ0v) is 16.3. The van der Waals surface area contributed by atoms with Crippen LogP contribution in [0.1, 0.15) is 29.8 Å². The third-order valence-corrected chi connectivity index (χ3v) is 5.33. The van der Waals surface area contributed by atoms with Gasteiger partial charge in [-0.05, 0) is 57.1 Å². The molecule has 1 aromatic carbocycles. The first kappa shape index (κ1) is 17.9. The molecule has 0 aliphatic carbocycles. The number of hydrogen-bond acceptors (Lipinski definition) is 4. The molecule has 140 valence electrons. The molecule has 1 aromatic heterocycles. The van der Waals surface area contributed by atoms with Gasteiger partial charge in [0.1, 0.15) is 5.70 Å². The molecule has 3 heterocycles. The van der Waals surface area contributed by atoms with Crippen molar-refractivity contribution >= 4 is 29.3 Å². The number of benzene rings is 1. The molecule has 2 saturated heterocycles. The zero-order chi connectivity index (χ0) is 19.0. The van der Waals surface area contributed by atoms with E-state index in [-0.39, 0.29) is 12.0 Å². The van der Waals surface area contributed by atoms with E-state index in [1.165, 1.54) is 0 Å². The highest BCUT2D eigenvalue weighted by Crippen LogP contribution is 2.23. The summed E-state index contributed by atoms with van der Waals surface area (Å²) in [4.78, 5) is 14.4. The molecule has 4 rings (SSSR count). The number of ether oxygens (including phenoxy) is 1. The summed E-state index contributed by atoms with van der Waals surface area (Å²) in [5, 5.41) is 8.13. The van der Waals surface area contributed by atoms with E-state index < -0.39 is 0 Å². The van der Waals surface area contributed by atoms with E-state index in [0.717, 1.165) is 42.1 Å². The minimum atomic E-state index is -0.109. The maximum atomic E-state index is 12.8. The molecule has 2 fully saturated rings. The van der Waals surface area contributed by atoms with Gasteiger partial charge in [0, 0.05) is 17.9 Å².